The van der Waals surface area contributed by atoms with Gasteiger partial charge in [-0.05, 0) is 13.3 Å². The van der Waals surface area contributed by atoms with E-state index in [0.29, 0.717) is 12.2 Å². The summed E-state index contributed by atoms with van der Waals surface area (Å²) < 4.78 is 5.00. The van der Waals surface area contributed by atoms with E-state index in [1.54, 1.807) is 6.92 Å². The molecule has 0 radical (unpaired) electrons. The second-order valence-corrected chi connectivity index (χ2v) is 10.6. The maximum Gasteiger partial charge on any atom is 0.333 e. The highest BCUT2D eigenvalue weighted by Gasteiger charge is 2.11. The molecule has 0 aliphatic heterocycles. The van der Waals surface area contributed by atoms with Crippen LogP contribution in [0.3, 0.4) is 0 Å². The molecule has 0 bridgehead atoms. The Bertz CT molecular complexity index is 204. The van der Waals surface area contributed by atoms with Crippen LogP contribution in [-0.4, -0.2) is 20.7 Å². The number of esters is 1. The van der Waals surface area contributed by atoms with E-state index in [4.69, 9.17) is 4.74 Å². The molecule has 0 aromatic heterocycles. The number of carbonyl (C=O) groups is 1. The number of ether oxygens (including phenoxy) is 1. The molecule has 0 spiro atoms. The molecule has 0 saturated heterocycles. The van der Waals surface area contributed by atoms with Crippen molar-refractivity contribution in [2.45, 2.75) is 45.5 Å². The molecule has 0 heterocycles. The van der Waals surface area contributed by atoms with Gasteiger partial charge in [-0.3, -0.25) is 0 Å². The summed E-state index contributed by atoms with van der Waals surface area (Å²) in [6.07, 6.45) is 2.14. The summed E-state index contributed by atoms with van der Waals surface area (Å²) in [5.74, 6) is -0.266. The summed E-state index contributed by atoms with van der Waals surface area (Å²) in [7, 11) is -0.914. The first-order chi connectivity index (χ1) is 6.33. The van der Waals surface area contributed by atoms with Gasteiger partial charge in [0, 0.05) is 13.6 Å². The van der Waals surface area contributed by atoms with Gasteiger partial charge in [0.05, 0.1) is 6.61 Å². The molecule has 0 aliphatic carbocycles. The Morgan fingerprint density at radius 1 is 1.29 bits per heavy atom. The zero-order valence-electron chi connectivity index (χ0n) is 9.85. The monoisotopic (exact) mass is 214 g/mol. The highest BCUT2D eigenvalue weighted by molar-refractivity contribution is 6.76. The third kappa shape index (κ3) is 8.04. The fourth-order valence-corrected chi connectivity index (χ4v) is 2.36. The van der Waals surface area contributed by atoms with Crippen LogP contribution in [0.1, 0.15) is 19.8 Å². The second-order valence-electron chi connectivity index (χ2n) is 4.93. The minimum Gasteiger partial charge on any atom is -0.462 e. The first-order valence-corrected chi connectivity index (χ1v) is 8.86. The van der Waals surface area contributed by atoms with Gasteiger partial charge < -0.3 is 4.74 Å². The summed E-state index contributed by atoms with van der Waals surface area (Å²) in [5, 5.41) is 0. The van der Waals surface area contributed by atoms with Crippen molar-refractivity contribution in [3.8, 4) is 0 Å². The molecule has 0 aromatic rings. The quantitative estimate of drug-likeness (QED) is 0.294. The van der Waals surface area contributed by atoms with E-state index in [9.17, 15) is 4.79 Å². The van der Waals surface area contributed by atoms with E-state index >= 15 is 0 Å². The van der Waals surface area contributed by atoms with E-state index in [0.717, 1.165) is 6.42 Å². The van der Waals surface area contributed by atoms with Gasteiger partial charge in [0.25, 0.3) is 0 Å². The lowest BCUT2D eigenvalue weighted by molar-refractivity contribution is -0.139. The van der Waals surface area contributed by atoms with Gasteiger partial charge in [-0.25, -0.2) is 4.79 Å². The van der Waals surface area contributed by atoms with E-state index in [1.807, 2.05) is 0 Å². The van der Waals surface area contributed by atoms with Gasteiger partial charge in [-0.1, -0.05) is 38.7 Å². The molecule has 0 rings (SSSR count). The molecule has 14 heavy (non-hydrogen) atoms. The summed E-state index contributed by atoms with van der Waals surface area (Å²) in [6.45, 7) is 12.8. The van der Waals surface area contributed by atoms with E-state index in [1.165, 1.54) is 12.5 Å². The standard InChI is InChI=1S/C11H22O2Si/c1-10(2)11(12)13-8-6-7-9-14(3,4)5/h1,6-9H2,2-5H3. The molecule has 0 unspecified atom stereocenters. The molecule has 0 N–H and O–H groups in total. The minimum atomic E-state index is -0.914. The van der Waals surface area contributed by atoms with Crippen LogP contribution in [0.2, 0.25) is 25.7 Å². The van der Waals surface area contributed by atoms with Crippen molar-refractivity contribution >= 4 is 14.0 Å². The Balaban J connectivity index is 3.39. The number of rotatable bonds is 6. The molecule has 0 fully saturated rings. The van der Waals surface area contributed by atoms with Crippen LogP contribution < -0.4 is 0 Å². The van der Waals surface area contributed by atoms with Crippen LogP contribution in [0.4, 0.5) is 0 Å². The zero-order valence-corrected chi connectivity index (χ0v) is 10.9. The van der Waals surface area contributed by atoms with E-state index in [2.05, 4.69) is 26.2 Å². The molecule has 2 nitrogen and oxygen atoms in total. The molecule has 3 heteroatoms. The Labute approximate surface area is 88.4 Å². The van der Waals surface area contributed by atoms with Crippen molar-refractivity contribution in [3.63, 3.8) is 0 Å². The van der Waals surface area contributed by atoms with Crippen molar-refractivity contribution in [3.05, 3.63) is 12.2 Å². The van der Waals surface area contributed by atoms with Gasteiger partial charge >= 0.3 is 5.97 Å². The van der Waals surface area contributed by atoms with E-state index < -0.39 is 8.07 Å². The van der Waals surface area contributed by atoms with Gasteiger partial charge in [0.2, 0.25) is 0 Å². The predicted octanol–water partition coefficient (Wildman–Crippen LogP) is 3.22. The van der Waals surface area contributed by atoms with Crippen molar-refractivity contribution in [2.24, 2.45) is 0 Å². The van der Waals surface area contributed by atoms with Crippen LogP contribution in [0.25, 0.3) is 0 Å². The SMILES string of the molecule is C=C(C)C(=O)OCCCC[Si](C)(C)C. The predicted molar refractivity (Wildman–Crippen MR) is 63.2 cm³/mol. The Kier molecular flexibility index (Phi) is 5.77. The molecule has 0 amide bonds. The average Bonchev–Trinajstić information content (AvgIpc) is 2.01. The minimum absolute atomic E-state index is 0.266. The van der Waals surface area contributed by atoms with Gasteiger partial charge in [0.1, 0.15) is 0 Å². The lowest BCUT2D eigenvalue weighted by Gasteiger charge is -2.14. The molecular formula is C11H22O2Si. The molecular weight excluding hydrogens is 192 g/mol. The van der Waals surface area contributed by atoms with Crippen LogP contribution >= 0.6 is 0 Å². The maximum atomic E-state index is 11.0. The van der Waals surface area contributed by atoms with Crippen LogP contribution in [0, 0.1) is 0 Å². The zero-order chi connectivity index (χ0) is 11.2. The largest absolute Gasteiger partial charge is 0.462 e. The van der Waals surface area contributed by atoms with Crippen molar-refractivity contribution < 1.29 is 9.53 Å². The van der Waals surface area contributed by atoms with Crippen molar-refractivity contribution in [2.75, 3.05) is 6.61 Å². The summed E-state index contributed by atoms with van der Waals surface area (Å²) in [5.41, 5.74) is 0.482. The normalized spacial score (nSPS) is 11.1. The Hall–Kier alpha value is -0.573. The fraction of sp³-hybridized carbons (Fsp3) is 0.727. The summed E-state index contributed by atoms with van der Waals surface area (Å²) in [4.78, 5) is 11.0. The van der Waals surface area contributed by atoms with Crippen LogP contribution in [0.15, 0.2) is 12.2 Å². The molecule has 0 saturated carbocycles. The first-order valence-electron chi connectivity index (χ1n) is 5.15. The summed E-state index contributed by atoms with van der Waals surface area (Å²) in [6, 6.07) is 1.30. The third-order valence-corrected chi connectivity index (χ3v) is 3.76. The molecule has 0 aliphatic rings. The van der Waals surface area contributed by atoms with Crippen molar-refractivity contribution in [1.82, 2.24) is 0 Å². The topological polar surface area (TPSA) is 26.3 Å². The number of hydrogen-bond acceptors (Lipinski definition) is 2. The fourth-order valence-electron chi connectivity index (χ4n) is 1.05. The lowest BCUT2D eigenvalue weighted by atomic mass is 10.3. The Morgan fingerprint density at radius 2 is 1.86 bits per heavy atom. The number of carbonyl (C=O) groups excluding carboxylic acids is 1. The Morgan fingerprint density at radius 3 is 2.29 bits per heavy atom. The van der Waals surface area contributed by atoms with Crippen molar-refractivity contribution in [1.29, 1.82) is 0 Å². The van der Waals surface area contributed by atoms with E-state index in [-0.39, 0.29) is 5.97 Å². The maximum absolute atomic E-state index is 11.0. The van der Waals surface area contributed by atoms with Crippen LogP contribution in [-0.2, 0) is 9.53 Å². The molecule has 0 aromatic carbocycles. The lowest BCUT2D eigenvalue weighted by Crippen LogP contribution is -2.19. The smallest absolute Gasteiger partial charge is 0.333 e. The summed E-state index contributed by atoms with van der Waals surface area (Å²) >= 11 is 0. The van der Waals surface area contributed by atoms with Gasteiger partial charge in [-0.15, -0.1) is 0 Å². The highest BCUT2D eigenvalue weighted by Crippen LogP contribution is 2.12. The average molecular weight is 214 g/mol. The second kappa shape index (κ2) is 6.01. The first kappa shape index (κ1) is 13.4. The molecule has 0 atom stereocenters. The highest BCUT2D eigenvalue weighted by atomic mass is 28.3. The number of unbranched alkanes of at least 4 members (excludes halogenated alkanes) is 1. The van der Waals surface area contributed by atoms with Crippen LogP contribution in [0.5, 0.6) is 0 Å². The third-order valence-electron chi connectivity index (χ3n) is 1.90. The van der Waals surface area contributed by atoms with Gasteiger partial charge in [-0.2, -0.15) is 0 Å². The van der Waals surface area contributed by atoms with Gasteiger partial charge in [0.15, 0.2) is 0 Å². The number of hydrogen-bond donors (Lipinski definition) is 0. The molecule has 82 valence electrons.